The molecule has 292 valence electrons. The summed E-state index contributed by atoms with van der Waals surface area (Å²) < 4.78 is 4.74. The quantitative estimate of drug-likeness (QED) is 0.0913. The van der Waals surface area contributed by atoms with Crippen LogP contribution in [0.15, 0.2) is 211 Å². The number of hydrogen-bond donors (Lipinski definition) is 0. The van der Waals surface area contributed by atoms with Gasteiger partial charge in [-0.15, -0.1) is 0 Å². The molecule has 6 heteroatoms. The van der Waals surface area contributed by atoms with Crippen LogP contribution in [-0.2, 0) is 11.5 Å². The van der Waals surface area contributed by atoms with Gasteiger partial charge in [-0.3, -0.25) is 9.56 Å². The Morgan fingerprint density at radius 1 is 0.574 bits per heavy atom. The van der Waals surface area contributed by atoms with E-state index in [1.165, 1.54) is 11.3 Å². The fourth-order valence-electron chi connectivity index (χ4n) is 8.32. The molecule has 61 heavy (non-hydrogen) atoms. The zero-order valence-corrected chi connectivity index (χ0v) is 34.3. The first-order chi connectivity index (χ1) is 30.1. The summed E-state index contributed by atoms with van der Waals surface area (Å²) in [6, 6.07) is 66.2. The zero-order valence-electron chi connectivity index (χ0n) is 33.5. The van der Waals surface area contributed by atoms with E-state index in [-0.39, 0.29) is 0 Å². The minimum absolute atomic E-state index is 0.614. The number of para-hydroxylation sites is 3. The van der Waals surface area contributed by atoms with Crippen molar-refractivity contribution >= 4 is 57.3 Å². The van der Waals surface area contributed by atoms with Gasteiger partial charge < -0.3 is 4.57 Å². The van der Waals surface area contributed by atoms with Gasteiger partial charge in [0.05, 0.1) is 27.9 Å². The second kappa shape index (κ2) is 16.6. The summed E-state index contributed by atoms with van der Waals surface area (Å²) >= 11 is 1.91. The second-order valence-electron chi connectivity index (χ2n) is 14.9. The first-order valence-corrected chi connectivity index (χ1v) is 21.5. The molecule has 0 spiro atoms. The van der Waals surface area contributed by atoms with Crippen LogP contribution in [0.25, 0.3) is 84.1 Å². The fraction of sp³-hybridized carbons (Fsp3) is 0.0364. The molecule has 0 saturated carbocycles. The van der Waals surface area contributed by atoms with Gasteiger partial charge in [0.25, 0.3) is 0 Å². The Morgan fingerprint density at radius 2 is 1.23 bits per heavy atom. The molecule has 0 aliphatic heterocycles. The molecule has 7 aromatic carbocycles. The average Bonchev–Trinajstić information content (AvgIpc) is 3.83. The number of allylic oxidation sites excluding steroid dienone is 1. The Hall–Kier alpha value is -7.54. The van der Waals surface area contributed by atoms with Crippen molar-refractivity contribution < 1.29 is 0 Å². The van der Waals surface area contributed by atoms with Crippen LogP contribution in [-0.4, -0.2) is 25.8 Å². The summed E-state index contributed by atoms with van der Waals surface area (Å²) in [5, 5.41) is 3.46. The fourth-order valence-corrected chi connectivity index (χ4v) is 9.33. The molecule has 3 heterocycles. The second-order valence-corrected chi connectivity index (χ2v) is 15.9. The summed E-state index contributed by atoms with van der Waals surface area (Å²) in [7, 11) is 0. The van der Waals surface area contributed by atoms with Gasteiger partial charge in [0.1, 0.15) is 5.82 Å². The molecule has 0 unspecified atom stereocenters. The van der Waals surface area contributed by atoms with Gasteiger partial charge in [-0.05, 0) is 54.3 Å². The molecule has 0 saturated heterocycles. The van der Waals surface area contributed by atoms with E-state index in [0.29, 0.717) is 11.5 Å². The summed E-state index contributed by atoms with van der Waals surface area (Å²) in [5.41, 5.74) is 13.7. The Balaban J connectivity index is 1.21. The first-order valence-electron chi connectivity index (χ1n) is 20.4. The molecule has 10 rings (SSSR count). The van der Waals surface area contributed by atoms with Crippen LogP contribution in [0, 0.1) is 0 Å². The van der Waals surface area contributed by atoms with Gasteiger partial charge in [0, 0.05) is 67.4 Å². The minimum atomic E-state index is 0.614. The molecule has 0 N–H and O–H groups in total. The zero-order chi connectivity index (χ0) is 41.1. The summed E-state index contributed by atoms with van der Waals surface area (Å²) in [4.78, 5) is 14.6. The number of nitrogens with zero attached hydrogens (tertiary/aromatic N) is 5. The van der Waals surface area contributed by atoms with E-state index in [1.54, 1.807) is 0 Å². The lowest BCUT2D eigenvalue weighted by Crippen LogP contribution is -2.03. The van der Waals surface area contributed by atoms with Gasteiger partial charge in [0.15, 0.2) is 5.82 Å². The van der Waals surface area contributed by atoms with Gasteiger partial charge >= 0.3 is 0 Å². The van der Waals surface area contributed by atoms with Crippen LogP contribution in [0.5, 0.6) is 0 Å². The highest BCUT2D eigenvalue weighted by molar-refractivity contribution is 7.97. The molecule has 0 atom stereocenters. The van der Waals surface area contributed by atoms with E-state index in [2.05, 4.69) is 197 Å². The maximum atomic E-state index is 5.33. The molecule has 10 aromatic rings. The first kappa shape index (κ1) is 37.7. The molecule has 5 nitrogen and oxygen atoms in total. The predicted molar refractivity (Wildman–Crippen MR) is 259 cm³/mol. The monoisotopic (exact) mass is 803 g/mol. The van der Waals surface area contributed by atoms with E-state index in [9.17, 15) is 0 Å². The smallest absolute Gasteiger partial charge is 0.162 e. The summed E-state index contributed by atoms with van der Waals surface area (Å²) in [6.07, 6.45) is 4.13. The van der Waals surface area contributed by atoms with Crippen molar-refractivity contribution in [3.8, 4) is 45.3 Å². The third-order valence-electron chi connectivity index (χ3n) is 11.2. The molecular weight excluding hydrogens is 763 g/mol. The van der Waals surface area contributed by atoms with Crippen LogP contribution in [0.4, 0.5) is 0 Å². The number of thioether (sulfide) groups is 1. The maximum absolute atomic E-state index is 5.33. The molecule has 3 aromatic heterocycles. The highest BCUT2D eigenvalue weighted by atomic mass is 32.2. The normalized spacial score (nSPS) is 11.5. The lowest BCUT2D eigenvalue weighted by molar-refractivity contribution is 1.04. The van der Waals surface area contributed by atoms with Gasteiger partial charge in [-0.25, -0.2) is 9.97 Å². The number of fused-ring (bicyclic) bond motifs is 4. The highest BCUT2D eigenvalue weighted by Crippen LogP contribution is 2.41. The number of rotatable bonds is 12. The van der Waals surface area contributed by atoms with E-state index in [0.717, 1.165) is 89.2 Å². The van der Waals surface area contributed by atoms with Crippen molar-refractivity contribution in [1.29, 1.82) is 0 Å². The summed E-state index contributed by atoms with van der Waals surface area (Å²) in [5.74, 6) is 3.18. The number of aromatic nitrogens is 4. The van der Waals surface area contributed by atoms with Crippen LogP contribution >= 0.6 is 11.8 Å². The standard InChI is InChI=1S/C55H41N5S/c1-38(56-2)30-32-46-48-34-42(31-33-51(48)59(43-24-13-6-14-25-43)52(46)37-61-36-39-18-7-3-8-19-39)44-27-17-28-47-45-26-15-16-29-50(45)60(54(44)47)53-35-49(40-20-9-4-10-21-40)57-55(58-53)41-22-11-5-12-23-41/h3-35H,1-2,36-37H2/b32-30-. The van der Waals surface area contributed by atoms with Gasteiger partial charge in [-0.2, -0.15) is 11.8 Å². The maximum Gasteiger partial charge on any atom is 0.162 e. The van der Waals surface area contributed by atoms with Crippen LogP contribution in [0.2, 0.25) is 0 Å². The van der Waals surface area contributed by atoms with Crippen molar-refractivity contribution in [1.82, 2.24) is 19.1 Å². The van der Waals surface area contributed by atoms with Crippen LogP contribution in [0.3, 0.4) is 0 Å². The van der Waals surface area contributed by atoms with E-state index >= 15 is 0 Å². The topological polar surface area (TPSA) is 48.0 Å². The Morgan fingerprint density at radius 3 is 1.98 bits per heavy atom. The van der Waals surface area contributed by atoms with Gasteiger partial charge in [-0.1, -0.05) is 164 Å². The average molecular weight is 804 g/mol. The SMILES string of the molecule is C=NC(=C)/C=C\c1c(CSCc2ccccc2)n(-c2ccccc2)c2ccc(-c3cccc4c5ccccc5n(-c5cc(-c6ccccc6)nc(-c6ccccc6)n5)c34)cc12. The molecule has 0 amide bonds. The molecule has 0 fully saturated rings. The number of benzene rings is 7. The number of hydrogen-bond acceptors (Lipinski definition) is 4. The Labute approximate surface area is 359 Å². The van der Waals surface area contributed by atoms with Gasteiger partial charge in [0.2, 0.25) is 0 Å². The van der Waals surface area contributed by atoms with E-state index in [4.69, 9.17) is 9.97 Å². The molecule has 0 radical (unpaired) electrons. The van der Waals surface area contributed by atoms with Crippen LogP contribution < -0.4 is 0 Å². The largest absolute Gasteiger partial charge is 0.312 e. The molecular formula is C55H41N5S. The van der Waals surface area contributed by atoms with Crippen molar-refractivity contribution in [2.75, 3.05) is 0 Å². The lowest BCUT2D eigenvalue weighted by atomic mass is 9.99. The third-order valence-corrected chi connectivity index (χ3v) is 12.2. The van der Waals surface area contributed by atoms with E-state index < -0.39 is 0 Å². The van der Waals surface area contributed by atoms with E-state index in [1.807, 2.05) is 42.1 Å². The number of aliphatic imine (C=N–C) groups is 1. The highest BCUT2D eigenvalue weighted by Gasteiger charge is 2.22. The van der Waals surface area contributed by atoms with Crippen molar-refractivity contribution in [2.45, 2.75) is 11.5 Å². The third kappa shape index (κ3) is 7.28. The molecule has 0 bridgehead atoms. The Bertz CT molecular complexity index is 3180. The lowest BCUT2D eigenvalue weighted by Gasteiger charge is -2.14. The predicted octanol–water partition coefficient (Wildman–Crippen LogP) is 14.2. The summed E-state index contributed by atoms with van der Waals surface area (Å²) in [6.45, 7) is 7.88. The van der Waals surface area contributed by atoms with Crippen molar-refractivity contribution in [2.24, 2.45) is 4.99 Å². The molecule has 0 aliphatic carbocycles. The molecule has 0 aliphatic rings. The van der Waals surface area contributed by atoms with Crippen molar-refractivity contribution in [3.05, 3.63) is 223 Å². The van der Waals surface area contributed by atoms with Crippen molar-refractivity contribution in [3.63, 3.8) is 0 Å². The Kier molecular flexibility index (Phi) is 10.3. The van der Waals surface area contributed by atoms with Crippen LogP contribution in [0.1, 0.15) is 16.8 Å². The minimum Gasteiger partial charge on any atom is -0.312 e.